The predicted octanol–water partition coefficient (Wildman–Crippen LogP) is 3.56. The molecule has 1 aliphatic rings. The lowest BCUT2D eigenvalue weighted by atomic mass is 9.88. The van der Waals surface area contributed by atoms with Crippen molar-refractivity contribution in [2.24, 2.45) is 5.41 Å². The van der Waals surface area contributed by atoms with Gasteiger partial charge < -0.3 is 9.47 Å². The Bertz CT molecular complexity index is 1210. The molecule has 0 radical (unpaired) electrons. The number of halogens is 2. The number of aromatic nitrogens is 2. The molecule has 0 atom stereocenters. The van der Waals surface area contributed by atoms with Gasteiger partial charge >= 0.3 is 5.69 Å². The first-order valence-corrected chi connectivity index (χ1v) is 9.90. The molecule has 1 aliphatic heterocycles. The van der Waals surface area contributed by atoms with Crippen molar-refractivity contribution in [3.05, 3.63) is 72.8 Å². The molecule has 0 saturated carbocycles. The van der Waals surface area contributed by atoms with E-state index in [-0.39, 0.29) is 23.2 Å². The lowest BCUT2D eigenvalue weighted by Crippen LogP contribution is -2.48. The molecular formula is C21H20Cl2N2O4. The number of methoxy groups -OCH3 is 1. The van der Waals surface area contributed by atoms with Gasteiger partial charge in [0.05, 0.1) is 42.8 Å². The van der Waals surface area contributed by atoms with Crippen molar-refractivity contribution in [2.75, 3.05) is 20.3 Å². The van der Waals surface area contributed by atoms with Crippen LogP contribution in [0.5, 0.6) is 5.75 Å². The minimum Gasteiger partial charge on any atom is -0.495 e. The van der Waals surface area contributed by atoms with Gasteiger partial charge in [0, 0.05) is 17.0 Å². The zero-order valence-electron chi connectivity index (χ0n) is 16.1. The molecule has 1 fully saturated rings. The van der Waals surface area contributed by atoms with E-state index in [0.29, 0.717) is 46.5 Å². The fourth-order valence-electron chi connectivity index (χ4n) is 3.60. The monoisotopic (exact) mass is 434 g/mol. The molecule has 0 aliphatic carbocycles. The van der Waals surface area contributed by atoms with Gasteiger partial charge in [-0.2, -0.15) is 0 Å². The third kappa shape index (κ3) is 3.68. The summed E-state index contributed by atoms with van der Waals surface area (Å²) in [6.45, 7) is 3.72. The fourth-order valence-corrected chi connectivity index (χ4v) is 4.04. The van der Waals surface area contributed by atoms with Gasteiger partial charge in [-0.3, -0.25) is 13.9 Å². The second-order valence-corrected chi connectivity index (χ2v) is 8.54. The van der Waals surface area contributed by atoms with Crippen molar-refractivity contribution in [3.63, 3.8) is 0 Å². The summed E-state index contributed by atoms with van der Waals surface area (Å²) in [5.74, 6) is 0.534. The summed E-state index contributed by atoms with van der Waals surface area (Å²) >= 11 is 12.4. The van der Waals surface area contributed by atoms with E-state index in [1.807, 2.05) is 0 Å². The Labute approximate surface area is 177 Å². The molecule has 152 valence electrons. The first-order valence-electron chi connectivity index (χ1n) is 9.14. The van der Waals surface area contributed by atoms with Crippen LogP contribution in [0.1, 0.15) is 12.5 Å². The van der Waals surface area contributed by atoms with Crippen molar-refractivity contribution < 1.29 is 9.47 Å². The second-order valence-electron chi connectivity index (χ2n) is 7.69. The van der Waals surface area contributed by atoms with Crippen LogP contribution in [0.3, 0.4) is 0 Å². The van der Waals surface area contributed by atoms with Crippen molar-refractivity contribution in [3.8, 4) is 5.75 Å². The highest BCUT2D eigenvalue weighted by molar-refractivity contribution is 6.32. The maximum atomic E-state index is 13.3. The lowest BCUT2D eigenvalue weighted by Gasteiger charge is -2.38. The fraction of sp³-hybridized carbons (Fsp3) is 0.333. The SMILES string of the molecule is COc1ccc(Cn2c(=O)c3ccc(Cl)cc3n(CC3(C)COC3)c2=O)cc1Cl. The van der Waals surface area contributed by atoms with Crippen LogP contribution in [0.25, 0.3) is 10.9 Å². The van der Waals surface area contributed by atoms with Crippen molar-refractivity contribution >= 4 is 34.1 Å². The predicted molar refractivity (Wildman–Crippen MR) is 114 cm³/mol. The van der Waals surface area contributed by atoms with Crippen molar-refractivity contribution in [1.82, 2.24) is 9.13 Å². The van der Waals surface area contributed by atoms with Gasteiger partial charge in [0.2, 0.25) is 0 Å². The molecule has 0 N–H and O–H groups in total. The molecule has 1 saturated heterocycles. The average Bonchev–Trinajstić information content (AvgIpc) is 2.67. The Morgan fingerprint density at radius 3 is 2.48 bits per heavy atom. The molecule has 0 bridgehead atoms. The zero-order valence-corrected chi connectivity index (χ0v) is 17.6. The topological polar surface area (TPSA) is 62.5 Å². The summed E-state index contributed by atoms with van der Waals surface area (Å²) in [6, 6.07) is 10.2. The highest BCUT2D eigenvalue weighted by Gasteiger charge is 2.35. The molecule has 2 aromatic carbocycles. The third-order valence-electron chi connectivity index (χ3n) is 5.19. The van der Waals surface area contributed by atoms with Crippen LogP contribution in [-0.4, -0.2) is 29.5 Å². The first-order chi connectivity index (χ1) is 13.8. The van der Waals surface area contributed by atoms with Crippen LogP contribution in [-0.2, 0) is 17.8 Å². The van der Waals surface area contributed by atoms with Gasteiger partial charge in [0.1, 0.15) is 5.75 Å². The zero-order chi connectivity index (χ0) is 20.8. The summed E-state index contributed by atoms with van der Waals surface area (Å²) in [5, 5.41) is 1.34. The molecule has 8 heteroatoms. The van der Waals surface area contributed by atoms with E-state index in [1.165, 1.54) is 11.7 Å². The molecule has 6 nitrogen and oxygen atoms in total. The normalized spacial score (nSPS) is 15.3. The number of nitrogens with zero attached hydrogens (tertiary/aromatic N) is 2. The average molecular weight is 435 g/mol. The van der Waals surface area contributed by atoms with Crippen LogP contribution in [0.2, 0.25) is 10.0 Å². The number of hydrogen-bond acceptors (Lipinski definition) is 4. The van der Waals surface area contributed by atoms with E-state index in [0.717, 1.165) is 5.56 Å². The van der Waals surface area contributed by atoms with Crippen molar-refractivity contribution in [1.29, 1.82) is 0 Å². The number of ether oxygens (including phenoxy) is 2. The highest BCUT2D eigenvalue weighted by Crippen LogP contribution is 2.29. The molecule has 0 spiro atoms. The number of fused-ring (bicyclic) bond motifs is 1. The third-order valence-corrected chi connectivity index (χ3v) is 5.72. The molecule has 2 heterocycles. The maximum absolute atomic E-state index is 13.3. The van der Waals surface area contributed by atoms with Gasteiger partial charge in [-0.05, 0) is 35.9 Å². The van der Waals surface area contributed by atoms with E-state index >= 15 is 0 Å². The number of hydrogen-bond donors (Lipinski definition) is 0. The van der Waals surface area contributed by atoms with Crippen LogP contribution >= 0.6 is 23.2 Å². The van der Waals surface area contributed by atoms with E-state index < -0.39 is 0 Å². The van der Waals surface area contributed by atoms with Gasteiger partial charge in [-0.1, -0.05) is 36.2 Å². The smallest absolute Gasteiger partial charge is 0.331 e. The summed E-state index contributed by atoms with van der Waals surface area (Å²) in [6.07, 6.45) is 0. The summed E-state index contributed by atoms with van der Waals surface area (Å²) in [7, 11) is 1.53. The molecular weight excluding hydrogens is 415 g/mol. The van der Waals surface area contributed by atoms with Gasteiger partial charge in [0.25, 0.3) is 5.56 Å². The van der Waals surface area contributed by atoms with E-state index in [2.05, 4.69) is 6.92 Å². The molecule has 0 unspecified atom stereocenters. The summed E-state index contributed by atoms with van der Waals surface area (Å²) < 4.78 is 13.4. The van der Waals surface area contributed by atoms with E-state index in [1.54, 1.807) is 41.0 Å². The van der Waals surface area contributed by atoms with Crippen LogP contribution in [0, 0.1) is 5.41 Å². The molecule has 0 amide bonds. The Kier molecular flexibility index (Phi) is 5.19. The van der Waals surface area contributed by atoms with Crippen molar-refractivity contribution in [2.45, 2.75) is 20.0 Å². The Morgan fingerprint density at radius 2 is 1.86 bits per heavy atom. The van der Waals surface area contributed by atoms with Crippen LogP contribution in [0.15, 0.2) is 46.0 Å². The Hall–Kier alpha value is -2.28. The standard InChI is InChI=1S/C21H20Cl2N2O4/c1-21(11-29-12-21)10-25-17-8-14(22)4-5-15(17)19(26)24(20(25)27)9-13-3-6-18(28-2)16(23)7-13/h3-8H,9-12H2,1-2H3. The first kappa shape index (κ1) is 20.0. The Morgan fingerprint density at radius 1 is 1.10 bits per heavy atom. The van der Waals surface area contributed by atoms with Crippen LogP contribution in [0.4, 0.5) is 0 Å². The number of benzene rings is 2. The van der Waals surface area contributed by atoms with E-state index in [4.69, 9.17) is 32.7 Å². The molecule has 29 heavy (non-hydrogen) atoms. The van der Waals surface area contributed by atoms with Gasteiger partial charge in [0.15, 0.2) is 0 Å². The number of rotatable bonds is 5. The van der Waals surface area contributed by atoms with Gasteiger partial charge in [-0.15, -0.1) is 0 Å². The largest absolute Gasteiger partial charge is 0.495 e. The highest BCUT2D eigenvalue weighted by atomic mass is 35.5. The molecule has 1 aromatic heterocycles. The molecule has 3 aromatic rings. The lowest BCUT2D eigenvalue weighted by molar-refractivity contribution is -0.110. The summed E-state index contributed by atoms with van der Waals surface area (Å²) in [4.78, 5) is 26.4. The quantitative estimate of drug-likeness (QED) is 0.615. The van der Waals surface area contributed by atoms with Crippen LogP contribution < -0.4 is 16.0 Å². The molecule has 4 rings (SSSR count). The summed E-state index contributed by atoms with van der Waals surface area (Å²) in [5.41, 5.74) is 0.354. The second kappa shape index (κ2) is 7.52. The Balaban J connectivity index is 1.88. The minimum atomic E-state index is -0.384. The maximum Gasteiger partial charge on any atom is 0.331 e. The van der Waals surface area contributed by atoms with Gasteiger partial charge in [-0.25, -0.2) is 4.79 Å². The minimum absolute atomic E-state index is 0.104. The van der Waals surface area contributed by atoms with E-state index in [9.17, 15) is 9.59 Å².